The summed E-state index contributed by atoms with van der Waals surface area (Å²) in [4.78, 5) is 14.1. The fourth-order valence-corrected chi connectivity index (χ4v) is 6.50. The molecule has 0 unspecified atom stereocenters. The van der Waals surface area contributed by atoms with Crippen LogP contribution in [0.4, 0.5) is 0 Å². The van der Waals surface area contributed by atoms with Crippen molar-refractivity contribution in [2.24, 2.45) is 0 Å². The molecule has 3 aromatic carbocycles. The fourth-order valence-electron chi connectivity index (χ4n) is 6.50. The van der Waals surface area contributed by atoms with Crippen molar-refractivity contribution in [3.8, 4) is 22.3 Å². The van der Waals surface area contributed by atoms with Crippen molar-refractivity contribution in [2.45, 2.75) is 12.8 Å². The van der Waals surface area contributed by atoms with E-state index in [0.717, 1.165) is 40.6 Å². The van der Waals surface area contributed by atoms with Crippen molar-refractivity contribution >= 4 is 38.5 Å². The molecule has 35 heavy (non-hydrogen) atoms. The van der Waals surface area contributed by atoms with Crippen molar-refractivity contribution in [3.63, 3.8) is 0 Å². The minimum atomic E-state index is 0.779. The summed E-state index contributed by atoms with van der Waals surface area (Å²) in [5, 5.41) is 3.58. The van der Waals surface area contributed by atoms with Crippen molar-refractivity contribution in [1.29, 1.82) is 0 Å². The van der Waals surface area contributed by atoms with Crippen LogP contribution in [0.15, 0.2) is 85.3 Å². The van der Waals surface area contributed by atoms with Crippen LogP contribution in [0.3, 0.4) is 0 Å². The molecule has 0 bridgehead atoms. The van der Waals surface area contributed by atoms with Crippen LogP contribution in [0.2, 0.25) is 0 Å². The summed E-state index contributed by atoms with van der Waals surface area (Å²) in [5.74, 6) is 0. The van der Waals surface area contributed by atoms with Crippen LogP contribution >= 0.6 is 0 Å². The van der Waals surface area contributed by atoms with Crippen molar-refractivity contribution in [1.82, 2.24) is 19.4 Å². The Morgan fingerprint density at radius 1 is 0.657 bits per heavy atom. The number of imidazole rings is 1. The number of fused-ring (bicyclic) bond motifs is 15. The molecule has 4 aromatic heterocycles. The average Bonchev–Trinajstić information content (AvgIpc) is 3.58. The Hall–Kier alpha value is -4.57. The Balaban J connectivity index is 1.41. The predicted octanol–water partition coefficient (Wildman–Crippen LogP) is 6.73. The normalized spacial score (nSPS) is 13.5. The predicted molar refractivity (Wildman–Crippen MR) is 140 cm³/mol. The molecule has 2 aliphatic carbocycles. The van der Waals surface area contributed by atoms with Crippen LogP contribution in [-0.2, 0) is 12.8 Å². The van der Waals surface area contributed by atoms with E-state index in [1.54, 1.807) is 0 Å². The molecule has 0 saturated heterocycles. The Labute approximate surface area is 200 Å². The molecular weight excluding hydrogens is 428 g/mol. The Morgan fingerprint density at radius 2 is 1.57 bits per heavy atom. The van der Waals surface area contributed by atoms with E-state index >= 15 is 0 Å². The highest BCUT2D eigenvalue weighted by Crippen LogP contribution is 2.47. The third-order valence-corrected chi connectivity index (χ3v) is 7.97. The van der Waals surface area contributed by atoms with Gasteiger partial charge in [0.25, 0.3) is 0 Å². The molecular formula is C31H18N4. The van der Waals surface area contributed by atoms with Crippen molar-refractivity contribution < 1.29 is 0 Å². The first-order chi connectivity index (χ1) is 17.3. The highest BCUT2D eigenvalue weighted by molar-refractivity contribution is 6.16. The Kier molecular flexibility index (Phi) is 3.11. The molecule has 0 spiro atoms. The van der Waals surface area contributed by atoms with Gasteiger partial charge in [-0.05, 0) is 87.0 Å². The second-order valence-corrected chi connectivity index (χ2v) is 9.70. The number of pyridine rings is 3. The third kappa shape index (κ3) is 2.15. The fraction of sp³-hybridized carbons (Fsp3) is 0.0645. The van der Waals surface area contributed by atoms with Gasteiger partial charge in [0.1, 0.15) is 5.65 Å². The maximum Gasteiger partial charge on any atom is 0.178 e. The molecule has 0 amide bonds. The molecule has 2 aliphatic rings. The number of benzene rings is 3. The monoisotopic (exact) mass is 446 g/mol. The van der Waals surface area contributed by atoms with Gasteiger partial charge in [0, 0.05) is 29.4 Å². The van der Waals surface area contributed by atoms with Gasteiger partial charge >= 0.3 is 0 Å². The van der Waals surface area contributed by atoms with Gasteiger partial charge in [-0.3, -0.25) is 9.38 Å². The third-order valence-electron chi connectivity index (χ3n) is 7.97. The second-order valence-electron chi connectivity index (χ2n) is 9.70. The summed E-state index contributed by atoms with van der Waals surface area (Å²) in [5.41, 5.74) is 15.0. The minimum absolute atomic E-state index is 0.779. The van der Waals surface area contributed by atoms with Crippen LogP contribution < -0.4 is 0 Å². The molecule has 4 heteroatoms. The zero-order valence-electron chi connectivity index (χ0n) is 18.8. The van der Waals surface area contributed by atoms with Gasteiger partial charge in [-0.1, -0.05) is 42.5 Å². The maximum atomic E-state index is 5.06. The van der Waals surface area contributed by atoms with E-state index in [-0.39, 0.29) is 0 Å². The summed E-state index contributed by atoms with van der Waals surface area (Å²) in [6, 6.07) is 24.4. The molecule has 0 fully saturated rings. The summed E-state index contributed by atoms with van der Waals surface area (Å²) in [7, 11) is 0. The first-order valence-electron chi connectivity index (χ1n) is 12.0. The first-order valence-corrected chi connectivity index (χ1v) is 12.0. The topological polar surface area (TPSA) is 43.1 Å². The smallest absolute Gasteiger partial charge is 0.178 e. The molecule has 0 radical (unpaired) electrons. The van der Waals surface area contributed by atoms with Gasteiger partial charge in [-0.2, -0.15) is 0 Å². The minimum Gasteiger partial charge on any atom is -0.290 e. The number of hydrogen-bond acceptors (Lipinski definition) is 3. The quantitative estimate of drug-likeness (QED) is 0.243. The second kappa shape index (κ2) is 6.10. The van der Waals surface area contributed by atoms with Crippen LogP contribution in [-0.4, -0.2) is 19.4 Å². The van der Waals surface area contributed by atoms with Gasteiger partial charge in [0.15, 0.2) is 5.65 Å². The summed E-state index contributed by atoms with van der Waals surface area (Å²) >= 11 is 0. The van der Waals surface area contributed by atoms with E-state index in [9.17, 15) is 0 Å². The SMILES string of the molecule is c1ccc2c(c1)Cc1cc3c(cc1-2)-c1ccc2c4cnccc4n4c5cccnc5nc4c2c1C3. The van der Waals surface area contributed by atoms with Crippen molar-refractivity contribution in [3.05, 3.63) is 108 Å². The Bertz CT molecular complexity index is 2070. The van der Waals surface area contributed by atoms with Gasteiger partial charge < -0.3 is 0 Å². The van der Waals surface area contributed by atoms with Gasteiger partial charge in [-0.15, -0.1) is 0 Å². The number of aromatic nitrogens is 4. The Morgan fingerprint density at radius 3 is 2.57 bits per heavy atom. The first kappa shape index (κ1) is 17.8. The number of rotatable bonds is 0. The van der Waals surface area contributed by atoms with E-state index in [2.05, 4.69) is 75.0 Å². The largest absolute Gasteiger partial charge is 0.290 e. The highest BCUT2D eigenvalue weighted by atomic mass is 15.1. The average molecular weight is 447 g/mol. The molecule has 4 heterocycles. The molecule has 162 valence electrons. The van der Waals surface area contributed by atoms with Gasteiger partial charge in [0.2, 0.25) is 0 Å². The van der Waals surface area contributed by atoms with E-state index in [4.69, 9.17) is 4.98 Å². The lowest BCUT2D eigenvalue weighted by atomic mass is 9.96. The maximum absolute atomic E-state index is 5.06. The molecule has 0 saturated carbocycles. The lowest BCUT2D eigenvalue weighted by molar-refractivity contribution is 1.22. The summed E-state index contributed by atoms with van der Waals surface area (Å²) in [6.45, 7) is 0. The zero-order valence-corrected chi connectivity index (χ0v) is 18.8. The molecule has 9 rings (SSSR count). The van der Waals surface area contributed by atoms with Gasteiger partial charge in [0.05, 0.1) is 11.0 Å². The van der Waals surface area contributed by atoms with Crippen molar-refractivity contribution in [2.75, 3.05) is 0 Å². The molecule has 0 N–H and O–H groups in total. The zero-order chi connectivity index (χ0) is 22.7. The lowest BCUT2D eigenvalue weighted by Crippen LogP contribution is -1.95. The van der Waals surface area contributed by atoms with Crippen LogP contribution in [0.25, 0.3) is 60.7 Å². The summed E-state index contributed by atoms with van der Waals surface area (Å²) < 4.78 is 2.27. The standard InChI is InChI=1S/C31H18N4/c1-2-5-20-17(4-1)12-18-13-19-14-25-21(24(19)15-23(18)20)7-8-22-26-16-32-11-9-27(26)35-28-6-3-10-33-30(28)34-31(35)29(22)25/h1-11,13,15-16H,12,14H2. The summed E-state index contributed by atoms with van der Waals surface area (Å²) in [6.07, 6.45) is 7.61. The van der Waals surface area contributed by atoms with Gasteiger partial charge in [-0.25, -0.2) is 9.97 Å². The molecule has 0 atom stereocenters. The number of hydrogen-bond donors (Lipinski definition) is 0. The molecule has 0 aliphatic heterocycles. The van der Waals surface area contributed by atoms with E-state index in [1.165, 1.54) is 55.3 Å². The van der Waals surface area contributed by atoms with Crippen LogP contribution in [0.1, 0.15) is 22.3 Å². The lowest BCUT2D eigenvalue weighted by Gasteiger charge is -2.12. The van der Waals surface area contributed by atoms with E-state index in [0.29, 0.717) is 0 Å². The molecule has 4 nitrogen and oxygen atoms in total. The van der Waals surface area contributed by atoms with E-state index in [1.807, 2.05) is 24.7 Å². The highest BCUT2D eigenvalue weighted by Gasteiger charge is 2.28. The molecule has 7 aromatic rings. The van der Waals surface area contributed by atoms with Crippen LogP contribution in [0.5, 0.6) is 0 Å². The van der Waals surface area contributed by atoms with E-state index < -0.39 is 0 Å². The number of nitrogens with zero attached hydrogens (tertiary/aromatic N) is 4. The van der Waals surface area contributed by atoms with Crippen LogP contribution in [0, 0.1) is 0 Å².